The van der Waals surface area contributed by atoms with Gasteiger partial charge in [0.15, 0.2) is 0 Å². The van der Waals surface area contributed by atoms with E-state index in [1.807, 2.05) is 35.2 Å². The summed E-state index contributed by atoms with van der Waals surface area (Å²) in [5, 5.41) is 3.00. The molecule has 0 aliphatic carbocycles. The minimum absolute atomic E-state index is 0.00420. The minimum Gasteiger partial charge on any atom is -0.375 e. The first-order chi connectivity index (χ1) is 10.6. The van der Waals surface area contributed by atoms with Gasteiger partial charge in [-0.25, -0.2) is 4.79 Å². The molecule has 2 rings (SSSR count). The number of amides is 2. The van der Waals surface area contributed by atoms with E-state index in [0.29, 0.717) is 12.6 Å². The van der Waals surface area contributed by atoms with Crippen LogP contribution in [0.5, 0.6) is 0 Å². The highest BCUT2D eigenvalue weighted by atomic mass is 16.5. The van der Waals surface area contributed by atoms with Crippen molar-refractivity contribution in [1.29, 1.82) is 0 Å². The summed E-state index contributed by atoms with van der Waals surface area (Å²) in [6.45, 7) is 2.11. The number of likely N-dealkylation sites (N-methyl/N-ethyl adjacent to an activating group) is 1. The summed E-state index contributed by atoms with van der Waals surface area (Å²) >= 11 is 0. The molecule has 22 heavy (non-hydrogen) atoms. The van der Waals surface area contributed by atoms with Crippen molar-refractivity contribution in [3.8, 4) is 0 Å². The number of ether oxygens (including phenoxy) is 1. The second kappa shape index (κ2) is 8.15. The first-order valence-electron chi connectivity index (χ1n) is 7.88. The predicted octanol–water partition coefficient (Wildman–Crippen LogP) is 2.11. The number of hydrogen-bond donors (Lipinski definition) is 1. The molecule has 2 atom stereocenters. The lowest BCUT2D eigenvalue weighted by molar-refractivity contribution is 0.0976. The van der Waals surface area contributed by atoms with Gasteiger partial charge in [0.05, 0.1) is 6.10 Å². The van der Waals surface area contributed by atoms with Gasteiger partial charge in [0.25, 0.3) is 0 Å². The largest absolute Gasteiger partial charge is 0.375 e. The van der Waals surface area contributed by atoms with E-state index in [2.05, 4.69) is 24.3 Å². The summed E-state index contributed by atoms with van der Waals surface area (Å²) in [5.74, 6) is 0. The molecule has 1 aliphatic rings. The molecule has 122 valence electrons. The van der Waals surface area contributed by atoms with Crippen LogP contribution in [0.1, 0.15) is 24.5 Å². The Morgan fingerprint density at radius 1 is 1.41 bits per heavy atom. The zero-order valence-corrected chi connectivity index (χ0v) is 13.8. The zero-order valence-electron chi connectivity index (χ0n) is 13.8. The van der Waals surface area contributed by atoms with Gasteiger partial charge in [-0.15, -0.1) is 0 Å². The fourth-order valence-electron chi connectivity index (χ4n) is 2.86. The van der Waals surface area contributed by atoms with Crippen LogP contribution in [-0.2, 0) is 4.74 Å². The maximum atomic E-state index is 12.4. The summed E-state index contributed by atoms with van der Waals surface area (Å²) in [6, 6.07) is 10.4. The Morgan fingerprint density at radius 2 is 2.14 bits per heavy atom. The number of methoxy groups -OCH3 is 1. The van der Waals surface area contributed by atoms with Gasteiger partial charge in [-0.05, 0) is 32.5 Å². The summed E-state index contributed by atoms with van der Waals surface area (Å²) in [4.78, 5) is 16.5. The number of carbonyl (C=O) groups excluding carboxylic acids is 1. The number of carbonyl (C=O) groups is 1. The number of rotatable bonds is 5. The standard InChI is InChI=1S/C17H27N3O2/c1-19(2)15-10-7-11-20(13-15)17(21)18-12-16(22-3)14-8-5-4-6-9-14/h4-6,8-9,15-16H,7,10-13H2,1-3H3,(H,18,21). The van der Waals surface area contributed by atoms with E-state index < -0.39 is 0 Å². The molecule has 0 radical (unpaired) electrons. The molecule has 1 heterocycles. The molecule has 0 saturated carbocycles. The Balaban J connectivity index is 1.86. The lowest BCUT2D eigenvalue weighted by Gasteiger charge is -2.36. The number of piperidine rings is 1. The molecule has 1 N–H and O–H groups in total. The molecule has 1 aromatic carbocycles. The molecule has 0 bridgehead atoms. The van der Waals surface area contributed by atoms with E-state index in [4.69, 9.17) is 4.74 Å². The monoisotopic (exact) mass is 305 g/mol. The van der Waals surface area contributed by atoms with E-state index in [-0.39, 0.29) is 12.1 Å². The molecule has 5 nitrogen and oxygen atoms in total. The highest BCUT2D eigenvalue weighted by Gasteiger charge is 2.25. The Labute approximate surface area is 133 Å². The van der Waals surface area contributed by atoms with E-state index in [1.165, 1.54) is 0 Å². The average molecular weight is 305 g/mol. The lowest BCUT2D eigenvalue weighted by atomic mass is 10.1. The summed E-state index contributed by atoms with van der Waals surface area (Å²) in [5.41, 5.74) is 1.08. The van der Waals surface area contributed by atoms with Crippen molar-refractivity contribution in [1.82, 2.24) is 15.1 Å². The van der Waals surface area contributed by atoms with Crippen molar-refractivity contribution in [2.75, 3.05) is 40.8 Å². The Bertz CT molecular complexity index is 464. The van der Waals surface area contributed by atoms with E-state index in [0.717, 1.165) is 31.5 Å². The Hall–Kier alpha value is -1.59. The third-order valence-electron chi connectivity index (χ3n) is 4.31. The number of nitrogens with zero attached hydrogens (tertiary/aromatic N) is 2. The molecule has 1 fully saturated rings. The van der Waals surface area contributed by atoms with Gasteiger partial charge in [0, 0.05) is 32.8 Å². The number of urea groups is 1. The second-order valence-corrected chi connectivity index (χ2v) is 6.03. The number of nitrogens with one attached hydrogen (secondary N) is 1. The van der Waals surface area contributed by atoms with Crippen molar-refractivity contribution in [2.24, 2.45) is 0 Å². The summed E-state index contributed by atoms with van der Waals surface area (Å²) in [6.07, 6.45) is 2.10. The smallest absolute Gasteiger partial charge is 0.317 e. The normalized spacial score (nSPS) is 20.0. The van der Waals surface area contributed by atoms with Crippen LogP contribution in [0.3, 0.4) is 0 Å². The van der Waals surface area contributed by atoms with Crippen LogP contribution in [-0.4, -0.2) is 62.7 Å². The minimum atomic E-state index is -0.111. The number of benzene rings is 1. The van der Waals surface area contributed by atoms with Gasteiger partial charge in [0.1, 0.15) is 0 Å². The van der Waals surface area contributed by atoms with Crippen molar-refractivity contribution in [3.05, 3.63) is 35.9 Å². The van der Waals surface area contributed by atoms with Gasteiger partial charge >= 0.3 is 6.03 Å². The quantitative estimate of drug-likeness (QED) is 0.906. The molecule has 0 spiro atoms. The number of likely N-dealkylation sites (tertiary alicyclic amines) is 1. The highest BCUT2D eigenvalue weighted by molar-refractivity contribution is 5.74. The van der Waals surface area contributed by atoms with Crippen LogP contribution >= 0.6 is 0 Å². The van der Waals surface area contributed by atoms with Crippen molar-refractivity contribution in [2.45, 2.75) is 25.0 Å². The van der Waals surface area contributed by atoms with Crippen molar-refractivity contribution in [3.63, 3.8) is 0 Å². The Kier molecular flexibility index (Phi) is 6.21. The second-order valence-electron chi connectivity index (χ2n) is 6.03. The van der Waals surface area contributed by atoms with E-state index >= 15 is 0 Å². The molecule has 1 saturated heterocycles. The van der Waals surface area contributed by atoms with Crippen LogP contribution in [0.2, 0.25) is 0 Å². The summed E-state index contributed by atoms with van der Waals surface area (Å²) in [7, 11) is 5.82. The van der Waals surface area contributed by atoms with Crippen LogP contribution in [0, 0.1) is 0 Å². The Morgan fingerprint density at radius 3 is 2.77 bits per heavy atom. The number of hydrogen-bond acceptors (Lipinski definition) is 3. The first-order valence-corrected chi connectivity index (χ1v) is 7.88. The van der Waals surface area contributed by atoms with Crippen LogP contribution in [0.25, 0.3) is 0 Å². The lowest BCUT2D eigenvalue weighted by Crippen LogP contribution is -2.51. The maximum absolute atomic E-state index is 12.4. The molecule has 2 amide bonds. The third-order valence-corrected chi connectivity index (χ3v) is 4.31. The van der Waals surface area contributed by atoms with Gasteiger partial charge in [0.2, 0.25) is 0 Å². The van der Waals surface area contributed by atoms with Gasteiger partial charge in [-0.3, -0.25) is 0 Å². The van der Waals surface area contributed by atoms with Gasteiger partial charge in [-0.1, -0.05) is 30.3 Å². The van der Waals surface area contributed by atoms with E-state index in [9.17, 15) is 4.79 Å². The van der Waals surface area contributed by atoms with Gasteiger partial charge in [-0.2, -0.15) is 0 Å². The topological polar surface area (TPSA) is 44.8 Å². The van der Waals surface area contributed by atoms with Gasteiger partial charge < -0.3 is 19.9 Å². The highest BCUT2D eigenvalue weighted by Crippen LogP contribution is 2.16. The SMILES string of the molecule is COC(CNC(=O)N1CCCC(N(C)C)C1)c1ccccc1. The zero-order chi connectivity index (χ0) is 15.9. The van der Waals surface area contributed by atoms with Crippen LogP contribution in [0.15, 0.2) is 30.3 Å². The predicted molar refractivity (Wildman–Crippen MR) is 87.9 cm³/mol. The third kappa shape index (κ3) is 4.45. The van der Waals surface area contributed by atoms with Crippen LogP contribution in [0.4, 0.5) is 4.79 Å². The molecule has 0 aromatic heterocycles. The fourth-order valence-corrected chi connectivity index (χ4v) is 2.86. The van der Waals surface area contributed by atoms with Crippen molar-refractivity contribution < 1.29 is 9.53 Å². The average Bonchev–Trinajstić information content (AvgIpc) is 2.56. The molecule has 5 heteroatoms. The molecule has 1 aromatic rings. The molecule has 1 aliphatic heterocycles. The molecular formula is C17H27N3O2. The molecular weight excluding hydrogens is 278 g/mol. The van der Waals surface area contributed by atoms with Crippen LogP contribution < -0.4 is 5.32 Å². The van der Waals surface area contributed by atoms with Crippen molar-refractivity contribution >= 4 is 6.03 Å². The molecule has 2 unspecified atom stereocenters. The summed E-state index contributed by atoms with van der Waals surface area (Å²) < 4.78 is 5.49. The first kappa shape index (κ1) is 16.8. The maximum Gasteiger partial charge on any atom is 0.317 e. The van der Waals surface area contributed by atoms with E-state index in [1.54, 1.807) is 7.11 Å². The fraction of sp³-hybridized carbons (Fsp3) is 0.588.